The molecule has 114 valence electrons. The van der Waals surface area contributed by atoms with Gasteiger partial charge in [0.25, 0.3) is 0 Å². The van der Waals surface area contributed by atoms with Crippen molar-refractivity contribution in [3.8, 4) is 18.2 Å². The van der Waals surface area contributed by atoms with Gasteiger partial charge in [0.1, 0.15) is 0 Å². The van der Waals surface area contributed by atoms with Crippen molar-refractivity contribution in [3.63, 3.8) is 0 Å². The molecule has 0 saturated carbocycles. The van der Waals surface area contributed by atoms with Crippen molar-refractivity contribution in [2.75, 3.05) is 19.7 Å². The first-order chi connectivity index (χ1) is 10.3. The number of nitrogens with one attached hydrogen (secondary N) is 2. The second-order valence-electron chi connectivity index (χ2n) is 4.42. The summed E-state index contributed by atoms with van der Waals surface area (Å²) in [6, 6.07) is 3.86. The molecule has 0 aliphatic heterocycles. The summed E-state index contributed by atoms with van der Waals surface area (Å²) in [7, 11) is 0. The van der Waals surface area contributed by atoms with Crippen LogP contribution < -0.4 is 15.4 Å². The molecule has 0 spiro atoms. The summed E-state index contributed by atoms with van der Waals surface area (Å²) < 4.78 is 5.70. The van der Waals surface area contributed by atoms with E-state index in [4.69, 9.17) is 11.2 Å². The number of pyridine rings is 1. The Labute approximate surface area is 127 Å². The molecule has 5 nitrogen and oxygen atoms in total. The van der Waals surface area contributed by atoms with Crippen molar-refractivity contribution < 1.29 is 4.74 Å². The standard InChI is InChI=1S/C16H24N4O/c1-4-7-12-21-15-14(9-8-11-18-15)13-20-16(17-6-3)19-10-5-2/h2,8-9,11H,4,6-7,10,12-13H2,1,3H3,(H2,17,19,20). The lowest BCUT2D eigenvalue weighted by Crippen LogP contribution is -2.37. The Hall–Kier alpha value is -2.22. The van der Waals surface area contributed by atoms with E-state index in [1.54, 1.807) is 6.20 Å². The number of aromatic nitrogens is 1. The molecule has 1 aromatic heterocycles. The maximum absolute atomic E-state index is 5.70. The van der Waals surface area contributed by atoms with E-state index in [1.165, 1.54) is 0 Å². The summed E-state index contributed by atoms with van der Waals surface area (Å²) in [5.41, 5.74) is 0.964. The van der Waals surface area contributed by atoms with Gasteiger partial charge in [0.15, 0.2) is 5.96 Å². The zero-order chi connectivity index (χ0) is 15.3. The molecular formula is C16H24N4O. The lowest BCUT2D eigenvalue weighted by Gasteiger charge is -2.11. The molecule has 2 N–H and O–H groups in total. The molecule has 1 rings (SSSR count). The second kappa shape index (κ2) is 10.6. The van der Waals surface area contributed by atoms with Gasteiger partial charge in [0, 0.05) is 18.3 Å². The van der Waals surface area contributed by atoms with Gasteiger partial charge in [0.05, 0.1) is 19.7 Å². The fourth-order valence-corrected chi connectivity index (χ4v) is 1.63. The molecule has 0 bridgehead atoms. The minimum Gasteiger partial charge on any atom is -0.477 e. The van der Waals surface area contributed by atoms with Crippen LogP contribution in [0.15, 0.2) is 23.3 Å². The van der Waals surface area contributed by atoms with Gasteiger partial charge in [-0.1, -0.05) is 25.3 Å². The molecule has 21 heavy (non-hydrogen) atoms. The number of guanidine groups is 1. The van der Waals surface area contributed by atoms with E-state index in [2.05, 4.69) is 33.5 Å². The second-order valence-corrected chi connectivity index (χ2v) is 4.42. The van der Waals surface area contributed by atoms with Gasteiger partial charge in [-0.3, -0.25) is 0 Å². The molecule has 0 aromatic carbocycles. The molecule has 0 unspecified atom stereocenters. The van der Waals surface area contributed by atoms with Crippen LogP contribution >= 0.6 is 0 Å². The van der Waals surface area contributed by atoms with Gasteiger partial charge in [0.2, 0.25) is 5.88 Å². The lowest BCUT2D eigenvalue weighted by molar-refractivity contribution is 0.294. The van der Waals surface area contributed by atoms with Crippen LogP contribution in [0.25, 0.3) is 0 Å². The molecule has 0 atom stereocenters. The zero-order valence-electron chi connectivity index (χ0n) is 12.9. The Morgan fingerprint density at radius 3 is 3.00 bits per heavy atom. The summed E-state index contributed by atoms with van der Waals surface area (Å²) >= 11 is 0. The molecule has 0 radical (unpaired) electrons. The molecule has 0 fully saturated rings. The van der Waals surface area contributed by atoms with Gasteiger partial charge in [-0.25, -0.2) is 9.98 Å². The van der Waals surface area contributed by atoms with Crippen LogP contribution in [0.3, 0.4) is 0 Å². The number of hydrogen-bond acceptors (Lipinski definition) is 3. The van der Waals surface area contributed by atoms with E-state index in [-0.39, 0.29) is 0 Å². The summed E-state index contributed by atoms with van der Waals surface area (Å²) in [4.78, 5) is 8.76. The van der Waals surface area contributed by atoms with Gasteiger partial charge in [-0.2, -0.15) is 0 Å². The Morgan fingerprint density at radius 1 is 1.43 bits per heavy atom. The highest BCUT2D eigenvalue weighted by atomic mass is 16.5. The van der Waals surface area contributed by atoms with Gasteiger partial charge in [-0.05, 0) is 19.4 Å². The first-order valence-corrected chi connectivity index (χ1v) is 7.34. The first kappa shape index (κ1) is 16.8. The third-order valence-electron chi connectivity index (χ3n) is 2.70. The van der Waals surface area contributed by atoms with Crippen molar-refractivity contribution in [2.24, 2.45) is 4.99 Å². The van der Waals surface area contributed by atoms with Crippen LogP contribution in [0, 0.1) is 12.3 Å². The number of hydrogen-bond donors (Lipinski definition) is 2. The monoisotopic (exact) mass is 288 g/mol. The van der Waals surface area contributed by atoms with Crippen LogP contribution in [0.4, 0.5) is 0 Å². The third kappa shape index (κ3) is 6.66. The maximum Gasteiger partial charge on any atom is 0.218 e. The number of unbranched alkanes of at least 4 members (excludes halogenated alkanes) is 1. The average molecular weight is 288 g/mol. The highest BCUT2D eigenvalue weighted by molar-refractivity contribution is 5.80. The van der Waals surface area contributed by atoms with E-state index in [0.717, 1.165) is 24.9 Å². The first-order valence-electron chi connectivity index (χ1n) is 7.34. The number of aliphatic imine (C=N–C) groups is 1. The fourth-order valence-electron chi connectivity index (χ4n) is 1.63. The Morgan fingerprint density at radius 2 is 2.29 bits per heavy atom. The predicted molar refractivity (Wildman–Crippen MR) is 86.3 cm³/mol. The van der Waals surface area contributed by atoms with E-state index in [0.29, 0.717) is 31.5 Å². The fraction of sp³-hybridized carbons (Fsp3) is 0.500. The maximum atomic E-state index is 5.70. The highest BCUT2D eigenvalue weighted by Gasteiger charge is 2.04. The molecule has 1 heterocycles. The van der Waals surface area contributed by atoms with E-state index < -0.39 is 0 Å². The van der Waals surface area contributed by atoms with Crippen LogP contribution in [0.5, 0.6) is 5.88 Å². The van der Waals surface area contributed by atoms with Gasteiger partial charge >= 0.3 is 0 Å². The number of ether oxygens (including phenoxy) is 1. The minimum absolute atomic E-state index is 0.443. The van der Waals surface area contributed by atoms with E-state index >= 15 is 0 Å². The van der Waals surface area contributed by atoms with Crippen molar-refractivity contribution in [3.05, 3.63) is 23.9 Å². The number of terminal acetylenes is 1. The zero-order valence-corrected chi connectivity index (χ0v) is 12.9. The SMILES string of the molecule is C#CCNC(=NCc1cccnc1OCCCC)NCC. The van der Waals surface area contributed by atoms with Crippen LogP contribution in [-0.4, -0.2) is 30.6 Å². The Kier molecular flexibility index (Phi) is 8.46. The van der Waals surface area contributed by atoms with E-state index in [9.17, 15) is 0 Å². The summed E-state index contributed by atoms with van der Waals surface area (Å²) in [6.07, 6.45) is 9.10. The molecule has 0 aliphatic carbocycles. The molecule has 1 aromatic rings. The molecule has 0 amide bonds. The molecular weight excluding hydrogens is 264 g/mol. The van der Waals surface area contributed by atoms with Crippen molar-refractivity contribution in [2.45, 2.75) is 33.2 Å². The van der Waals surface area contributed by atoms with Crippen LogP contribution in [-0.2, 0) is 6.54 Å². The van der Waals surface area contributed by atoms with Crippen molar-refractivity contribution in [1.82, 2.24) is 15.6 Å². The number of rotatable bonds is 8. The quantitative estimate of drug-likeness (QED) is 0.332. The minimum atomic E-state index is 0.443. The summed E-state index contributed by atoms with van der Waals surface area (Å²) in [6.45, 7) is 6.54. The third-order valence-corrected chi connectivity index (χ3v) is 2.70. The van der Waals surface area contributed by atoms with Crippen molar-refractivity contribution in [1.29, 1.82) is 0 Å². The van der Waals surface area contributed by atoms with Gasteiger partial charge < -0.3 is 15.4 Å². The number of nitrogens with zero attached hydrogens (tertiary/aromatic N) is 2. The molecule has 5 heteroatoms. The van der Waals surface area contributed by atoms with Crippen LogP contribution in [0.2, 0.25) is 0 Å². The highest BCUT2D eigenvalue weighted by Crippen LogP contribution is 2.15. The topological polar surface area (TPSA) is 58.5 Å². The van der Waals surface area contributed by atoms with Crippen molar-refractivity contribution >= 4 is 5.96 Å². The Bertz CT molecular complexity index is 479. The lowest BCUT2D eigenvalue weighted by atomic mass is 10.3. The normalized spacial score (nSPS) is 10.8. The van der Waals surface area contributed by atoms with E-state index in [1.807, 2.05) is 19.1 Å². The smallest absolute Gasteiger partial charge is 0.218 e. The molecule has 0 saturated heterocycles. The van der Waals surface area contributed by atoms with Crippen LogP contribution in [0.1, 0.15) is 32.3 Å². The average Bonchev–Trinajstić information content (AvgIpc) is 2.51. The van der Waals surface area contributed by atoms with Gasteiger partial charge in [-0.15, -0.1) is 6.42 Å². The summed E-state index contributed by atoms with van der Waals surface area (Å²) in [5, 5.41) is 6.20. The largest absolute Gasteiger partial charge is 0.477 e. The Balaban J connectivity index is 2.69. The molecule has 0 aliphatic rings. The predicted octanol–water partition coefficient (Wildman–Crippen LogP) is 1.95. The summed E-state index contributed by atoms with van der Waals surface area (Å²) in [5.74, 6) is 3.88.